The largest absolute Gasteiger partial charge is 0.497 e. The molecule has 0 saturated carbocycles. The minimum atomic E-state index is -0.267. The van der Waals surface area contributed by atoms with Gasteiger partial charge >= 0.3 is 0 Å². The highest BCUT2D eigenvalue weighted by Crippen LogP contribution is 2.37. The molecule has 0 radical (unpaired) electrons. The first-order valence-electron chi connectivity index (χ1n) is 10.8. The smallest absolute Gasteiger partial charge is 0.225 e. The van der Waals surface area contributed by atoms with E-state index in [0.717, 1.165) is 35.3 Å². The Bertz CT molecular complexity index is 863. The topological polar surface area (TPSA) is 58.6 Å². The number of rotatable bonds is 8. The van der Waals surface area contributed by atoms with Gasteiger partial charge in [0.1, 0.15) is 5.75 Å². The van der Waals surface area contributed by atoms with Crippen molar-refractivity contribution in [1.29, 1.82) is 0 Å². The quantitative estimate of drug-likeness (QED) is 0.704. The first kappa shape index (κ1) is 21.9. The fourth-order valence-electron chi connectivity index (χ4n) is 4.15. The van der Waals surface area contributed by atoms with Crippen molar-refractivity contribution in [2.45, 2.75) is 52.1 Å². The highest BCUT2D eigenvalue weighted by atomic mass is 16.5. The lowest BCUT2D eigenvalue weighted by atomic mass is 9.83. The third-order valence-corrected chi connectivity index (χ3v) is 5.97. The first-order valence-corrected chi connectivity index (χ1v) is 10.8. The summed E-state index contributed by atoms with van der Waals surface area (Å²) in [6.07, 6.45) is 2.91. The molecule has 0 aliphatic carbocycles. The number of aryl methyl sites for hydroxylation is 1. The maximum atomic E-state index is 13.2. The predicted octanol–water partition coefficient (Wildman–Crippen LogP) is 4.40. The fourth-order valence-corrected chi connectivity index (χ4v) is 4.15. The van der Waals surface area contributed by atoms with E-state index >= 15 is 0 Å². The van der Waals surface area contributed by atoms with Crippen LogP contribution in [0.15, 0.2) is 48.5 Å². The Morgan fingerprint density at radius 2 is 1.90 bits per heavy atom. The van der Waals surface area contributed by atoms with Crippen LogP contribution in [0.2, 0.25) is 0 Å². The molecule has 2 unspecified atom stereocenters. The van der Waals surface area contributed by atoms with Crippen LogP contribution in [0.3, 0.4) is 0 Å². The van der Waals surface area contributed by atoms with Gasteiger partial charge in [0, 0.05) is 19.5 Å². The molecule has 2 amide bonds. The molecule has 0 bridgehead atoms. The number of hydrogen-bond donors (Lipinski definition) is 1. The number of nitrogens with one attached hydrogen (secondary N) is 1. The van der Waals surface area contributed by atoms with E-state index in [0.29, 0.717) is 25.9 Å². The molecule has 1 fully saturated rings. The molecular formula is C25H32N2O3. The number of methoxy groups -OCH3 is 1. The van der Waals surface area contributed by atoms with Crippen molar-refractivity contribution in [2.24, 2.45) is 5.92 Å². The molecule has 0 spiro atoms. The lowest BCUT2D eigenvalue weighted by Crippen LogP contribution is -2.48. The van der Waals surface area contributed by atoms with Gasteiger partial charge in [0.05, 0.1) is 19.1 Å². The lowest BCUT2D eigenvalue weighted by Gasteiger charge is -2.41. The maximum Gasteiger partial charge on any atom is 0.225 e. The van der Waals surface area contributed by atoms with Crippen molar-refractivity contribution >= 4 is 11.8 Å². The number of carbonyl (C=O) groups excluding carboxylic acids is 2. The second-order valence-corrected chi connectivity index (χ2v) is 7.95. The zero-order valence-corrected chi connectivity index (χ0v) is 18.2. The van der Waals surface area contributed by atoms with Gasteiger partial charge in [-0.05, 0) is 48.6 Å². The van der Waals surface area contributed by atoms with Crippen molar-refractivity contribution in [3.63, 3.8) is 0 Å². The number of unbranched alkanes of at least 4 members (excludes halogenated alkanes) is 1. The van der Waals surface area contributed by atoms with Crippen molar-refractivity contribution in [2.75, 3.05) is 13.7 Å². The highest BCUT2D eigenvalue weighted by Gasteiger charge is 2.40. The second kappa shape index (κ2) is 10.3. The van der Waals surface area contributed by atoms with Gasteiger partial charge in [0.2, 0.25) is 11.8 Å². The van der Waals surface area contributed by atoms with Crippen LogP contribution in [0.1, 0.15) is 55.3 Å². The molecule has 5 heteroatoms. The third-order valence-electron chi connectivity index (χ3n) is 5.97. The molecule has 3 rings (SSSR count). The SMILES string of the molecule is CCCCN1C(=O)CCC(C(=O)NCc2ccccc2C)C1c1ccc(OC)cc1. The minimum absolute atomic E-state index is 0.00747. The van der Waals surface area contributed by atoms with Crippen molar-refractivity contribution in [3.05, 3.63) is 65.2 Å². The molecule has 0 aromatic heterocycles. The lowest BCUT2D eigenvalue weighted by molar-refractivity contribution is -0.143. The number of ether oxygens (including phenoxy) is 1. The summed E-state index contributed by atoms with van der Waals surface area (Å²) in [6.45, 7) is 5.34. The normalized spacial score (nSPS) is 18.9. The van der Waals surface area contributed by atoms with Gasteiger partial charge in [0.15, 0.2) is 0 Å². The molecule has 2 atom stereocenters. The predicted molar refractivity (Wildman–Crippen MR) is 118 cm³/mol. The van der Waals surface area contributed by atoms with Crippen molar-refractivity contribution in [1.82, 2.24) is 10.2 Å². The summed E-state index contributed by atoms with van der Waals surface area (Å²) in [4.78, 5) is 27.9. The number of likely N-dealkylation sites (tertiary alicyclic amines) is 1. The Labute approximate surface area is 179 Å². The van der Waals surface area contributed by atoms with Gasteiger partial charge in [-0.1, -0.05) is 49.7 Å². The summed E-state index contributed by atoms with van der Waals surface area (Å²) in [7, 11) is 1.63. The summed E-state index contributed by atoms with van der Waals surface area (Å²) in [5, 5.41) is 3.12. The van der Waals surface area contributed by atoms with Gasteiger partial charge < -0.3 is 15.0 Å². The van der Waals surface area contributed by atoms with Gasteiger partial charge in [-0.3, -0.25) is 9.59 Å². The monoisotopic (exact) mass is 408 g/mol. The number of hydrogen-bond acceptors (Lipinski definition) is 3. The Kier molecular flexibility index (Phi) is 7.50. The van der Waals surface area contributed by atoms with Crippen LogP contribution >= 0.6 is 0 Å². The van der Waals surface area contributed by atoms with E-state index in [-0.39, 0.29) is 23.8 Å². The number of piperidine rings is 1. The second-order valence-electron chi connectivity index (χ2n) is 7.95. The Morgan fingerprint density at radius 1 is 1.17 bits per heavy atom. The fraction of sp³-hybridized carbons (Fsp3) is 0.440. The highest BCUT2D eigenvalue weighted by molar-refractivity contribution is 5.85. The molecule has 30 heavy (non-hydrogen) atoms. The third kappa shape index (κ3) is 5.02. The molecule has 160 valence electrons. The van der Waals surface area contributed by atoms with Crippen LogP contribution < -0.4 is 10.1 Å². The van der Waals surface area contributed by atoms with Gasteiger partial charge in [-0.15, -0.1) is 0 Å². The summed E-state index contributed by atoms with van der Waals surface area (Å²) in [5.74, 6) is 0.638. The summed E-state index contributed by atoms with van der Waals surface area (Å²) >= 11 is 0. The van der Waals surface area contributed by atoms with Crippen molar-refractivity contribution in [3.8, 4) is 5.75 Å². The number of carbonyl (C=O) groups is 2. The number of amides is 2. The Hall–Kier alpha value is -2.82. The first-order chi connectivity index (χ1) is 14.5. The maximum absolute atomic E-state index is 13.2. The average molecular weight is 409 g/mol. The summed E-state index contributed by atoms with van der Waals surface area (Å²) in [6, 6.07) is 15.6. The average Bonchev–Trinajstić information content (AvgIpc) is 2.77. The van der Waals surface area contributed by atoms with Crippen LogP contribution in [0.5, 0.6) is 5.75 Å². The van der Waals surface area contributed by atoms with Gasteiger partial charge in [-0.2, -0.15) is 0 Å². The van der Waals surface area contributed by atoms with E-state index in [1.165, 1.54) is 0 Å². The minimum Gasteiger partial charge on any atom is -0.497 e. The molecule has 2 aromatic carbocycles. The van der Waals surface area contributed by atoms with Crippen LogP contribution in [-0.4, -0.2) is 30.4 Å². The van der Waals surface area contributed by atoms with E-state index in [9.17, 15) is 9.59 Å². The van der Waals surface area contributed by atoms with Gasteiger partial charge in [0.25, 0.3) is 0 Å². The zero-order chi connectivity index (χ0) is 21.5. The molecule has 1 saturated heterocycles. The molecule has 2 aromatic rings. The molecule has 5 nitrogen and oxygen atoms in total. The van der Waals surface area contributed by atoms with Crippen LogP contribution in [-0.2, 0) is 16.1 Å². The summed E-state index contributed by atoms with van der Waals surface area (Å²) in [5.41, 5.74) is 3.26. The molecule has 1 N–H and O–H groups in total. The van der Waals surface area contributed by atoms with Crippen LogP contribution in [0, 0.1) is 12.8 Å². The standard InChI is InChI=1S/C25H32N2O3/c1-4-5-16-27-23(28)15-14-22(24(27)19-10-12-21(30-3)13-11-19)25(29)26-17-20-9-7-6-8-18(20)2/h6-13,22,24H,4-5,14-17H2,1-3H3,(H,26,29). The van der Waals surface area contributed by atoms with Crippen LogP contribution in [0.25, 0.3) is 0 Å². The van der Waals surface area contributed by atoms with E-state index in [1.807, 2.05) is 60.4 Å². The van der Waals surface area contributed by atoms with E-state index in [2.05, 4.69) is 12.2 Å². The van der Waals surface area contributed by atoms with Gasteiger partial charge in [-0.25, -0.2) is 0 Å². The molecule has 1 heterocycles. The number of benzene rings is 2. The zero-order valence-electron chi connectivity index (χ0n) is 18.2. The van der Waals surface area contributed by atoms with Crippen LogP contribution in [0.4, 0.5) is 0 Å². The Morgan fingerprint density at radius 3 is 2.57 bits per heavy atom. The van der Waals surface area contributed by atoms with Crippen molar-refractivity contribution < 1.29 is 14.3 Å². The van der Waals surface area contributed by atoms with E-state index in [1.54, 1.807) is 7.11 Å². The molecule has 1 aliphatic heterocycles. The molecule has 1 aliphatic rings. The van der Waals surface area contributed by atoms with E-state index < -0.39 is 0 Å². The number of nitrogens with zero attached hydrogens (tertiary/aromatic N) is 1. The summed E-state index contributed by atoms with van der Waals surface area (Å²) < 4.78 is 5.28. The molecular weight excluding hydrogens is 376 g/mol. The van der Waals surface area contributed by atoms with E-state index in [4.69, 9.17) is 4.74 Å². The Balaban J connectivity index is 1.84.